The van der Waals surface area contributed by atoms with Gasteiger partial charge in [0.1, 0.15) is 30.8 Å². The highest BCUT2D eigenvalue weighted by atomic mass is 16.9. The van der Waals surface area contributed by atoms with E-state index in [1.54, 1.807) is 21.0 Å². The molecule has 3 rings (SSSR count). The monoisotopic (exact) mass is 360 g/mol. The van der Waals surface area contributed by atoms with Crippen molar-refractivity contribution in [3.05, 3.63) is 0 Å². The normalized spacial score (nSPS) is 39.6. The fourth-order valence-electron chi connectivity index (χ4n) is 3.07. The zero-order valence-corrected chi connectivity index (χ0v) is 14.7. The second-order valence-electron chi connectivity index (χ2n) is 6.51. The van der Waals surface area contributed by atoms with Gasteiger partial charge in [0, 0.05) is 21.1 Å². The van der Waals surface area contributed by atoms with Crippen molar-refractivity contribution < 1.29 is 38.4 Å². The van der Waals surface area contributed by atoms with Gasteiger partial charge in [0.25, 0.3) is 0 Å². The average molecular weight is 360 g/mol. The number of amides is 2. The Balaban J connectivity index is 1.61. The smallest absolute Gasteiger partial charge is 0.245 e. The van der Waals surface area contributed by atoms with Crippen LogP contribution in [0.3, 0.4) is 0 Å². The molecule has 3 aliphatic rings. The number of carbonyl (C=O) groups is 2. The quantitative estimate of drug-likeness (QED) is 0.602. The minimum Gasteiger partial charge on any atom is -0.394 e. The van der Waals surface area contributed by atoms with Crippen LogP contribution in [-0.2, 0) is 33.3 Å². The number of hydrogen-bond acceptors (Lipinski definition) is 8. The predicted octanol–water partition coefficient (Wildman–Crippen LogP) is -1.53. The topological polar surface area (TPSA) is 107 Å². The van der Waals surface area contributed by atoms with Gasteiger partial charge in [-0.3, -0.25) is 14.5 Å². The Bertz CT molecular complexity index is 530. The molecule has 0 spiro atoms. The fourth-order valence-corrected chi connectivity index (χ4v) is 3.07. The highest BCUT2D eigenvalue weighted by Gasteiger charge is 2.58. The molecule has 0 aromatic heterocycles. The molecule has 0 bridgehead atoms. The van der Waals surface area contributed by atoms with E-state index in [0.29, 0.717) is 0 Å². The van der Waals surface area contributed by atoms with E-state index in [1.807, 2.05) is 0 Å². The largest absolute Gasteiger partial charge is 0.394 e. The van der Waals surface area contributed by atoms with Crippen LogP contribution in [0.1, 0.15) is 13.3 Å². The van der Waals surface area contributed by atoms with Gasteiger partial charge < -0.3 is 33.7 Å². The molecule has 25 heavy (non-hydrogen) atoms. The van der Waals surface area contributed by atoms with Crippen LogP contribution >= 0.6 is 0 Å². The lowest BCUT2D eigenvalue weighted by molar-refractivity contribution is -0.303. The van der Waals surface area contributed by atoms with Crippen molar-refractivity contribution in [3.63, 3.8) is 0 Å². The zero-order chi connectivity index (χ0) is 18.3. The third-order valence-electron chi connectivity index (χ3n) is 4.50. The van der Waals surface area contributed by atoms with Crippen LogP contribution in [0.2, 0.25) is 0 Å². The summed E-state index contributed by atoms with van der Waals surface area (Å²) in [5.74, 6) is -0.728. The average Bonchev–Trinajstić information content (AvgIpc) is 3.11. The van der Waals surface area contributed by atoms with E-state index in [4.69, 9.17) is 23.7 Å². The lowest BCUT2D eigenvalue weighted by atomic mass is 10.0. The molecule has 3 fully saturated rings. The lowest BCUT2D eigenvalue weighted by Crippen LogP contribution is -2.52. The highest BCUT2D eigenvalue weighted by Crippen LogP contribution is 2.39. The van der Waals surface area contributed by atoms with Gasteiger partial charge in [-0.1, -0.05) is 0 Å². The maximum Gasteiger partial charge on any atom is 0.245 e. The van der Waals surface area contributed by atoms with E-state index < -0.39 is 49.3 Å². The molecule has 2 amide bonds. The molecule has 3 heterocycles. The molecule has 3 saturated heterocycles. The van der Waals surface area contributed by atoms with Crippen LogP contribution in [0.25, 0.3) is 0 Å². The zero-order valence-electron chi connectivity index (χ0n) is 14.7. The van der Waals surface area contributed by atoms with E-state index in [1.165, 1.54) is 16.8 Å². The van der Waals surface area contributed by atoms with Crippen LogP contribution in [0, 0.1) is 0 Å². The molecule has 1 N–H and O–H groups in total. The number of hydrogen-bond donors (Lipinski definition) is 1. The summed E-state index contributed by atoms with van der Waals surface area (Å²) in [5, 5.41) is 9.43. The number of carbonyl (C=O) groups excluding carboxylic acids is 2. The van der Waals surface area contributed by atoms with Crippen LogP contribution in [-0.4, -0.2) is 97.9 Å². The van der Waals surface area contributed by atoms with Gasteiger partial charge in [0.15, 0.2) is 12.6 Å². The van der Waals surface area contributed by atoms with E-state index in [9.17, 15) is 14.7 Å². The Kier molecular flexibility index (Phi) is 5.28. The summed E-state index contributed by atoms with van der Waals surface area (Å²) >= 11 is 0. The molecule has 0 saturated carbocycles. The first-order valence-electron chi connectivity index (χ1n) is 8.15. The summed E-state index contributed by atoms with van der Waals surface area (Å²) in [6.45, 7) is 1.52. The first-order valence-corrected chi connectivity index (χ1v) is 8.15. The maximum atomic E-state index is 12.2. The Morgan fingerprint density at radius 3 is 2.28 bits per heavy atom. The standard InChI is InChI=1S/C15H24N2O8/c1-7-21-8(6-18)11-12(22-7)13-14(23-11)25-15(24-13)17(4)10(20)5-9(19)16(2)3/h7-8,11-15,18H,5-6H2,1-4H3. The molecule has 0 aliphatic carbocycles. The Labute approximate surface area is 145 Å². The number of nitrogens with zero attached hydrogens (tertiary/aromatic N) is 2. The van der Waals surface area contributed by atoms with Gasteiger partial charge in [-0.05, 0) is 6.92 Å². The summed E-state index contributed by atoms with van der Waals surface area (Å²) < 4.78 is 28.4. The van der Waals surface area contributed by atoms with Gasteiger partial charge in [0.2, 0.25) is 18.2 Å². The molecule has 7 atom stereocenters. The SMILES string of the molecule is CC1OC(CO)C2OC3OC(N(C)C(=O)CC(=O)N(C)C)OC3C2O1. The molecular weight excluding hydrogens is 336 g/mol. The summed E-state index contributed by atoms with van der Waals surface area (Å²) in [7, 11) is 4.66. The van der Waals surface area contributed by atoms with Gasteiger partial charge in [-0.25, -0.2) is 0 Å². The molecule has 10 nitrogen and oxygen atoms in total. The first kappa shape index (κ1) is 18.5. The van der Waals surface area contributed by atoms with Gasteiger partial charge in [-0.2, -0.15) is 0 Å². The summed E-state index contributed by atoms with van der Waals surface area (Å²) in [5.41, 5.74) is 0. The second kappa shape index (κ2) is 7.14. The van der Waals surface area contributed by atoms with Gasteiger partial charge in [-0.15, -0.1) is 0 Å². The van der Waals surface area contributed by atoms with E-state index in [-0.39, 0.29) is 18.9 Å². The Morgan fingerprint density at radius 1 is 0.920 bits per heavy atom. The third-order valence-corrected chi connectivity index (χ3v) is 4.50. The van der Waals surface area contributed by atoms with Crippen LogP contribution in [0.4, 0.5) is 0 Å². The molecule has 10 heteroatoms. The molecule has 0 aromatic rings. The van der Waals surface area contributed by atoms with Crippen molar-refractivity contribution in [3.8, 4) is 0 Å². The third kappa shape index (κ3) is 3.50. The van der Waals surface area contributed by atoms with Crippen molar-refractivity contribution in [2.75, 3.05) is 27.7 Å². The maximum absolute atomic E-state index is 12.2. The second-order valence-corrected chi connectivity index (χ2v) is 6.51. The number of rotatable bonds is 4. The number of aliphatic hydroxyl groups is 1. The Hall–Kier alpha value is -1.30. The number of ether oxygens (including phenoxy) is 5. The van der Waals surface area contributed by atoms with Gasteiger partial charge >= 0.3 is 0 Å². The van der Waals surface area contributed by atoms with Crippen LogP contribution in [0.5, 0.6) is 0 Å². The van der Waals surface area contributed by atoms with Crippen molar-refractivity contribution >= 4 is 11.8 Å². The number of aliphatic hydroxyl groups excluding tert-OH is 1. The first-order chi connectivity index (χ1) is 11.8. The van der Waals surface area contributed by atoms with Crippen LogP contribution < -0.4 is 0 Å². The van der Waals surface area contributed by atoms with Crippen molar-refractivity contribution in [1.82, 2.24) is 9.80 Å². The lowest BCUT2D eigenvalue weighted by Gasteiger charge is -2.37. The Morgan fingerprint density at radius 2 is 1.64 bits per heavy atom. The van der Waals surface area contributed by atoms with Crippen LogP contribution in [0.15, 0.2) is 0 Å². The summed E-state index contributed by atoms with van der Waals surface area (Å²) in [6, 6.07) is 0. The van der Waals surface area contributed by atoms with Gasteiger partial charge in [0.05, 0.1) is 6.61 Å². The van der Waals surface area contributed by atoms with E-state index in [2.05, 4.69) is 0 Å². The number of fused-ring (bicyclic) bond motifs is 3. The molecule has 0 radical (unpaired) electrons. The predicted molar refractivity (Wildman–Crippen MR) is 80.8 cm³/mol. The minimum atomic E-state index is -0.965. The van der Waals surface area contributed by atoms with Crippen molar-refractivity contribution in [2.24, 2.45) is 0 Å². The summed E-state index contributed by atoms with van der Waals surface area (Å²) in [6.07, 6.45) is -4.53. The molecule has 7 unspecified atom stereocenters. The molecule has 0 aromatic carbocycles. The van der Waals surface area contributed by atoms with Crippen molar-refractivity contribution in [1.29, 1.82) is 0 Å². The van der Waals surface area contributed by atoms with E-state index in [0.717, 1.165) is 0 Å². The molecular formula is C15H24N2O8. The summed E-state index contributed by atoms with van der Waals surface area (Å²) in [4.78, 5) is 26.4. The fraction of sp³-hybridized carbons (Fsp3) is 0.867. The highest BCUT2D eigenvalue weighted by molar-refractivity contribution is 5.96. The van der Waals surface area contributed by atoms with E-state index >= 15 is 0 Å². The van der Waals surface area contributed by atoms with Crippen molar-refractivity contribution in [2.45, 2.75) is 56.8 Å². The molecule has 3 aliphatic heterocycles. The minimum absolute atomic E-state index is 0.206. The molecule has 142 valence electrons.